The largest absolute Gasteiger partial charge is 0.497 e. The molecule has 0 bridgehead atoms. The van der Waals surface area contributed by atoms with Crippen molar-refractivity contribution in [3.63, 3.8) is 0 Å². The zero-order valence-corrected chi connectivity index (χ0v) is 24.9. The van der Waals surface area contributed by atoms with Gasteiger partial charge in [0.05, 0.1) is 34.8 Å². The van der Waals surface area contributed by atoms with E-state index in [9.17, 15) is 18.0 Å². The Labute approximate surface area is 244 Å². The zero-order valence-electron chi connectivity index (χ0n) is 22.6. The number of amides is 2. The van der Waals surface area contributed by atoms with E-state index in [1.807, 2.05) is 0 Å². The van der Waals surface area contributed by atoms with Crippen LogP contribution in [0.25, 0.3) is 0 Å². The van der Waals surface area contributed by atoms with Crippen molar-refractivity contribution in [1.29, 1.82) is 0 Å². The van der Waals surface area contributed by atoms with Gasteiger partial charge in [0.25, 0.3) is 10.0 Å². The molecule has 0 aliphatic heterocycles. The predicted molar refractivity (Wildman–Crippen MR) is 156 cm³/mol. The minimum atomic E-state index is -4.27. The summed E-state index contributed by atoms with van der Waals surface area (Å²) in [7, 11) is -1.43. The highest BCUT2D eigenvalue weighted by atomic mass is 35.5. The van der Waals surface area contributed by atoms with Gasteiger partial charge in [0, 0.05) is 19.2 Å². The van der Waals surface area contributed by atoms with Crippen LogP contribution < -0.4 is 19.1 Å². The summed E-state index contributed by atoms with van der Waals surface area (Å²) in [6.45, 7) is 3.03. The van der Waals surface area contributed by atoms with Crippen molar-refractivity contribution in [2.75, 3.05) is 31.6 Å². The number of methoxy groups -OCH3 is 2. The second-order valence-electron chi connectivity index (χ2n) is 8.70. The number of ether oxygens (including phenoxy) is 2. The van der Waals surface area contributed by atoms with E-state index in [-0.39, 0.29) is 27.9 Å². The van der Waals surface area contributed by atoms with Crippen LogP contribution in [0.4, 0.5) is 5.69 Å². The molecule has 0 unspecified atom stereocenters. The molecular formula is C28H31Cl2N3O6S. The van der Waals surface area contributed by atoms with Crippen LogP contribution in [0, 0.1) is 0 Å². The summed E-state index contributed by atoms with van der Waals surface area (Å²) >= 11 is 12.3. The van der Waals surface area contributed by atoms with Crippen molar-refractivity contribution in [3.8, 4) is 11.5 Å². The SMILES string of the molecule is CCNC(=O)[C@H](C)N(Cc1ccc(Cl)c(Cl)c1)C(=O)CN(c1cc(OC)ccc1OC)S(=O)(=O)c1ccccc1. The topological polar surface area (TPSA) is 105 Å². The summed E-state index contributed by atoms with van der Waals surface area (Å²) in [5, 5.41) is 3.34. The Kier molecular flexibility index (Phi) is 10.7. The molecule has 3 rings (SSSR count). The smallest absolute Gasteiger partial charge is 0.264 e. The molecule has 0 spiro atoms. The summed E-state index contributed by atoms with van der Waals surface area (Å²) in [5.41, 5.74) is 0.703. The molecule has 0 fully saturated rings. The van der Waals surface area contributed by atoms with Crippen LogP contribution in [-0.4, -0.2) is 58.5 Å². The Hall–Kier alpha value is -3.47. The minimum absolute atomic E-state index is 0.0253. The summed E-state index contributed by atoms with van der Waals surface area (Å²) in [4.78, 5) is 28.1. The first-order chi connectivity index (χ1) is 19.0. The maximum absolute atomic E-state index is 14.0. The molecule has 40 heavy (non-hydrogen) atoms. The fourth-order valence-electron chi connectivity index (χ4n) is 3.96. The Morgan fingerprint density at radius 1 is 0.950 bits per heavy atom. The zero-order chi connectivity index (χ0) is 29.4. The van der Waals surface area contributed by atoms with Crippen LogP contribution in [0.1, 0.15) is 19.4 Å². The van der Waals surface area contributed by atoms with E-state index in [0.717, 1.165) is 4.31 Å². The summed E-state index contributed by atoms with van der Waals surface area (Å²) in [5.74, 6) is -0.456. The highest BCUT2D eigenvalue weighted by Crippen LogP contribution is 2.36. The Balaban J connectivity index is 2.12. The Bertz CT molecular complexity index is 1450. The second kappa shape index (κ2) is 13.7. The molecule has 3 aromatic carbocycles. The molecule has 9 nitrogen and oxygen atoms in total. The average molecular weight is 609 g/mol. The van der Waals surface area contributed by atoms with Crippen LogP contribution in [0.5, 0.6) is 11.5 Å². The maximum Gasteiger partial charge on any atom is 0.264 e. The third kappa shape index (κ3) is 7.18. The van der Waals surface area contributed by atoms with E-state index >= 15 is 0 Å². The van der Waals surface area contributed by atoms with Gasteiger partial charge in [-0.25, -0.2) is 8.42 Å². The van der Waals surface area contributed by atoms with Crippen molar-refractivity contribution >= 4 is 50.7 Å². The average Bonchev–Trinajstić information content (AvgIpc) is 2.96. The fraction of sp³-hybridized carbons (Fsp3) is 0.286. The third-order valence-electron chi connectivity index (χ3n) is 6.12. The highest BCUT2D eigenvalue weighted by Gasteiger charge is 2.34. The van der Waals surface area contributed by atoms with Crippen LogP contribution >= 0.6 is 23.2 Å². The molecule has 1 N–H and O–H groups in total. The number of benzene rings is 3. The molecule has 0 aromatic heterocycles. The number of carbonyl (C=O) groups excluding carboxylic acids is 2. The number of nitrogens with zero attached hydrogens (tertiary/aromatic N) is 2. The number of rotatable bonds is 12. The third-order valence-corrected chi connectivity index (χ3v) is 8.63. The molecule has 0 aliphatic rings. The highest BCUT2D eigenvalue weighted by molar-refractivity contribution is 7.92. The Morgan fingerprint density at radius 2 is 1.65 bits per heavy atom. The van der Waals surface area contributed by atoms with Gasteiger partial charge in [-0.05, 0) is 55.8 Å². The summed E-state index contributed by atoms with van der Waals surface area (Å²) in [6.07, 6.45) is 0. The molecule has 0 radical (unpaired) electrons. The number of anilines is 1. The van der Waals surface area contributed by atoms with Crippen molar-refractivity contribution in [1.82, 2.24) is 10.2 Å². The van der Waals surface area contributed by atoms with Gasteiger partial charge in [-0.2, -0.15) is 0 Å². The van der Waals surface area contributed by atoms with E-state index in [1.54, 1.807) is 62.4 Å². The van der Waals surface area contributed by atoms with Crippen LogP contribution in [0.15, 0.2) is 71.6 Å². The molecule has 0 heterocycles. The van der Waals surface area contributed by atoms with Gasteiger partial charge in [0.15, 0.2) is 0 Å². The first-order valence-corrected chi connectivity index (χ1v) is 14.5. The molecule has 0 saturated heterocycles. The quantitative estimate of drug-likeness (QED) is 0.318. The van der Waals surface area contributed by atoms with E-state index in [0.29, 0.717) is 22.9 Å². The van der Waals surface area contributed by atoms with Gasteiger partial charge < -0.3 is 19.7 Å². The molecule has 2 amide bonds. The monoisotopic (exact) mass is 607 g/mol. The van der Waals surface area contributed by atoms with E-state index < -0.39 is 34.4 Å². The number of hydrogen-bond acceptors (Lipinski definition) is 6. The van der Waals surface area contributed by atoms with E-state index in [2.05, 4.69) is 5.32 Å². The lowest BCUT2D eigenvalue weighted by atomic mass is 10.1. The van der Waals surface area contributed by atoms with Crippen molar-refractivity contribution in [2.45, 2.75) is 31.3 Å². The maximum atomic E-state index is 14.0. The van der Waals surface area contributed by atoms with Gasteiger partial charge >= 0.3 is 0 Å². The minimum Gasteiger partial charge on any atom is -0.497 e. The summed E-state index contributed by atoms with van der Waals surface area (Å²) in [6, 6.07) is 16.3. The number of hydrogen-bond donors (Lipinski definition) is 1. The molecule has 3 aromatic rings. The molecule has 12 heteroatoms. The lowest BCUT2D eigenvalue weighted by molar-refractivity contribution is -0.139. The lowest BCUT2D eigenvalue weighted by Crippen LogP contribution is -2.51. The molecular weight excluding hydrogens is 577 g/mol. The van der Waals surface area contributed by atoms with Gasteiger partial charge in [0.2, 0.25) is 11.8 Å². The summed E-state index contributed by atoms with van der Waals surface area (Å²) < 4.78 is 39.6. The molecule has 0 saturated carbocycles. The van der Waals surface area contributed by atoms with Crippen molar-refractivity contribution < 1.29 is 27.5 Å². The van der Waals surface area contributed by atoms with Gasteiger partial charge in [-0.1, -0.05) is 47.5 Å². The van der Waals surface area contributed by atoms with E-state index in [4.69, 9.17) is 32.7 Å². The predicted octanol–water partition coefficient (Wildman–Crippen LogP) is 4.76. The standard InChI is InChI=1S/C28H31Cl2N3O6S/c1-5-31-28(35)19(2)32(17-20-11-13-23(29)24(30)15-20)27(34)18-33(40(36,37)22-9-7-6-8-10-22)25-16-21(38-3)12-14-26(25)39-4/h6-16,19H,5,17-18H2,1-4H3,(H,31,35)/t19-/m0/s1. The van der Waals surface area contributed by atoms with Crippen LogP contribution in [0.3, 0.4) is 0 Å². The second-order valence-corrected chi connectivity index (χ2v) is 11.4. The van der Waals surface area contributed by atoms with Crippen molar-refractivity contribution in [3.05, 3.63) is 82.3 Å². The molecule has 1 atom stereocenters. The number of carbonyl (C=O) groups is 2. The lowest BCUT2D eigenvalue weighted by Gasteiger charge is -2.32. The van der Waals surface area contributed by atoms with E-state index in [1.165, 1.54) is 37.3 Å². The molecule has 0 aliphatic carbocycles. The first kappa shape index (κ1) is 31.1. The van der Waals surface area contributed by atoms with Crippen molar-refractivity contribution in [2.24, 2.45) is 0 Å². The fourth-order valence-corrected chi connectivity index (χ4v) is 5.72. The molecule has 214 valence electrons. The first-order valence-electron chi connectivity index (χ1n) is 12.3. The number of halogens is 2. The van der Waals surface area contributed by atoms with Gasteiger partial charge in [-0.15, -0.1) is 0 Å². The number of likely N-dealkylation sites (N-methyl/N-ethyl adjacent to an activating group) is 1. The Morgan fingerprint density at radius 3 is 2.25 bits per heavy atom. The van der Waals surface area contributed by atoms with Crippen LogP contribution in [0.2, 0.25) is 10.0 Å². The van der Waals surface area contributed by atoms with Gasteiger partial charge in [-0.3, -0.25) is 13.9 Å². The number of sulfonamides is 1. The normalized spacial score (nSPS) is 11.8. The van der Waals surface area contributed by atoms with Gasteiger partial charge in [0.1, 0.15) is 24.1 Å². The number of nitrogens with one attached hydrogen (secondary N) is 1. The van der Waals surface area contributed by atoms with Crippen LogP contribution in [-0.2, 0) is 26.2 Å².